The van der Waals surface area contributed by atoms with Crippen LogP contribution >= 0.6 is 0 Å². The van der Waals surface area contributed by atoms with Crippen LogP contribution in [0.3, 0.4) is 0 Å². The van der Waals surface area contributed by atoms with Crippen LogP contribution in [-0.4, -0.2) is 25.0 Å². The Morgan fingerprint density at radius 1 is 1.12 bits per heavy atom. The van der Waals surface area contributed by atoms with Crippen molar-refractivity contribution in [3.8, 4) is 0 Å². The molecule has 0 saturated heterocycles. The third-order valence-corrected chi connectivity index (χ3v) is 3.40. The topological polar surface area (TPSA) is 41.1 Å². The predicted molar refractivity (Wildman–Crippen MR) is 69.3 cm³/mol. The lowest BCUT2D eigenvalue weighted by molar-refractivity contribution is -0.126. The lowest BCUT2D eigenvalue weighted by atomic mass is 9.85. The Labute approximate surface area is 100 Å². The highest BCUT2D eigenvalue weighted by Crippen LogP contribution is 2.19. The van der Waals surface area contributed by atoms with E-state index in [1.807, 2.05) is 20.9 Å². The molecule has 0 aliphatic rings. The van der Waals surface area contributed by atoms with Crippen molar-refractivity contribution in [2.75, 3.05) is 13.6 Å². The molecule has 0 fully saturated rings. The van der Waals surface area contributed by atoms with Crippen molar-refractivity contribution in [2.24, 2.45) is 17.8 Å². The van der Waals surface area contributed by atoms with Crippen LogP contribution < -0.4 is 10.6 Å². The Morgan fingerprint density at radius 2 is 1.56 bits per heavy atom. The number of carbonyl (C=O) groups excluding carboxylic acids is 1. The highest BCUT2D eigenvalue weighted by atomic mass is 16.2. The van der Waals surface area contributed by atoms with Gasteiger partial charge in [-0.05, 0) is 38.6 Å². The first-order chi connectivity index (χ1) is 7.22. The quantitative estimate of drug-likeness (QED) is 0.730. The molecule has 3 nitrogen and oxygen atoms in total. The fourth-order valence-corrected chi connectivity index (χ4v) is 1.79. The van der Waals surface area contributed by atoms with E-state index in [2.05, 4.69) is 38.3 Å². The highest BCUT2D eigenvalue weighted by Gasteiger charge is 2.26. The van der Waals surface area contributed by atoms with Gasteiger partial charge in [0, 0.05) is 6.54 Å². The Balaban J connectivity index is 4.27. The fourth-order valence-electron chi connectivity index (χ4n) is 1.79. The number of hydrogen-bond acceptors (Lipinski definition) is 2. The van der Waals surface area contributed by atoms with Crippen molar-refractivity contribution < 1.29 is 4.79 Å². The van der Waals surface area contributed by atoms with E-state index in [-0.39, 0.29) is 5.91 Å². The van der Waals surface area contributed by atoms with Crippen LogP contribution in [0, 0.1) is 17.8 Å². The molecule has 96 valence electrons. The van der Waals surface area contributed by atoms with Gasteiger partial charge in [-0.1, -0.05) is 27.7 Å². The van der Waals surface area contributed by atoms with Crippen LogP contribution in [-0.2, 0) is 4.79 Å². The zero-order valence-corrected chi connectivity index (χ0v) is 11.8. The molecule has 0 saturated carbocycles. The van der Waals surface area contributed by atoms with Gasteiger partial charge in [0.2, 0.25) is 5.91 Å². The summed E-state index contributed by atoms with van der Waals surface area (Å²) in [6, 6.07) is 0. The second-order valence-corrected chi connectivity index (χ2v) is 5.74. The SMILES string of the molecule is CNC(C)(C)C(=O)NCC(C(C)C)C(C)C. The fraction of sp³-hybridized carbons (Fsp3) is 0.923. The van der Waals surface area contributed by atoms with Crippen molar-refractivity contribution in [3.05, 3.63) is 0 Å². The number of likely N-dealkylation sites (N-methyl/N-ethyl adjacent to an activating group) is 1. The van der Waals surface area contributed by atoms with E-state index in [0.717, 1.165) is 6.54 Å². The highest BCUT2D eigenvalue weighted by molar-refractivity contribution is 5.85. The molecule has 2 N–H and O–H groups in total. The average Bonchev–Trinajstić information content (AvgIpc) is 2.16. The van der Waals surface area contributed by atoms with E-state index in [1.54, 1.807) is 0 Å². The van der Waals surface area contributed by atoms with Gasteiger partial charge in [0.05, 0.1) is 5.54 Å². The smallest absolute Gasteiger partial charge is 0.239 e. The van der Waals surface area contributed by atoms with E-state index in [4.69, 9.17) is 0 Å². The maximum atomic E-state index is 11.9. The van der Waals surface area contributed by atoms with Crippen molar-refractivity contribution in [1.29, 1.82) is 0 Å². The van der Waals surface area contributed by atoms with Gasteiger partial charge in [-0.3, -0.25) is 4.79 Å². The van der Waals surface area contributed by atoms with Gasteiger partial charge in [-0.15, -0.1) is 0 Å². The number of hydrogen-bond donors (Lipinski definition) is 2. The molecular weight excluding hydrogens is 200 g/mol. The van der Waals surface area contributed by atoms with Crippen LogP contribution in [0.2, 0.25) is 0 Å². The Bertz CT molecular complexity index is 214. The van der Waals surface area contributed by atoms with Crippen LogP contribution in [0.4, 0.5) is 0 Å². The zero-order chi connectivity index (χ0) is 12.9. The van der Waals surface area contributed by atoms with E-state index in [9.17, 15) is 4.79 Å². The summed E-state index contributed by atoms with van der Waals surface area (Å²) >= 11 is 0. The monoisotopic (exact) mass is 228 g/mol. The van der Waals surface area contributed by atoms with Gasteiger partial charge in [0.25, 0.3) is 0 Å². The van der Waals surface area contributed by atoms with Gasteiger partial charge in [-0.2, -0.15) is 0 Å². The molecule has 0 unspecified atom stereocenters. The minimum absolute atomic E-state index is 0.0706. The van der Waals surface area contributed by atoms with E-state index in [1.165, 1.54) is 0 Å². The van der Waals surface area contributed by atoms with Gasteiger partial charge in [-0.25, -0.2) is 0 Å². The van der Waals surface area contributed by atoms with Crippen LogP contribution in [0.15, 0.2) is 0 Å². The van der Waals surface area contributed by atoms with E-state index >= 15 is 0 Å². The molecule has 0 spiro atoms. The number of rotatable bonds is 6. The maximum Gasteiger partial charge on any atom is 0.239 e. The molecule has 16 heavy (non-hydrogen) atoms. The molecule has 1 amide bonds. The van der Waals surface area contributed by atoms with E-state index < -0.39 is 5.54 Å². The van der Waals surface area contributed by atoms with Crippen LogP contribution in [0.25, 0.3) is 0 Å². The molecule has 0 rings (SSSR count). The first kappa shape index (κ1) is 15.4. The first-order valence-electron chi connectivity index (χ1n) is 6.19. The first-order valence-corrected chi connectivity index (χ1v) is 6.19. The van der Waals surface area contributed by atoms with Crippen LogP contribution in [0.5, 0.6) is 0 Å². The molecule has 0 heterocycles. The summed E-state index contributed by atoms with van der Waals surface area (Å²) in [4.78, 5) is 11.9. The molecule has 0 aromatic carbocycles. The summed E-state index contributed by atoms with van der Waals surface area (Å²) in [5.74, 6) is 1.80. The second-order valence-electron chi connectivity index (χ2n) is 5.74. The Kier molecular flexibility index (Phi) is 6.01. The van der Waals surface area contributed by atoms with Crippen molar-refractivity contribution in [3.63, 3.8) is 0 Å². The molecule has 0 bridgehead atoms. The largest absolute Gasteiger partial charge is 0.354 e. The van der Waals surface area contributed by atoms with Gasteiger partial charge in [0.15, 0.2) is 0 Å². The van der Waals surface area contributed by atoms with Crippen molar-refractivity contribution in [2.45, 2.75) is 47.1 Å². The standard InChI is InChI=1S/C13H28N2O/c1-9(2)11(10(3)4)8-15-12(16)13(5,6)14-7/h9-11,14H,8H2,1-7H3,(H,15,16). The number of amides is 1. The maximum absolute atomic E-state index is 11.9. The van der Waals surface area contributed by atoms with Gasteiger partial charge < -0.3 is 10.6 Å². The molecule has 0 aliphatic heterocycles. The Morgan fingerprint density at radius 3 is 1.88 bits per heavy atom. The molecule has 3 heteroatoms. The third-order valence-electron chi connectivity index (χ3n) is 3.40. The molecule has 0 aliphatic carbocycles. The normalized spacial score (nSPS) is 12.6. The summed E-state index contributed by atoms with van der Waals surface area (Å²) in [6.45, 7) is 13.4. The molecular formula is C13H28N2O. The third kappa shape index (κ3) is 4.52. The summed E-state index contributed by atoms with van der Waals surface area (Å²) in [5, 5.41) is 6.05. The summed E-state index contributed by atoms with van der Waals surface area (Å²) in [5.41, 5.74) is -0.488. The molecule has 0 aromatic rings. The lowest BCUT2D eigenvalue weighted by Crippen LogP contribution is -2.52. The lowest BCUT2D eigenvalue weighted by Gasteiger charge is -2.28. The van der Waals surface area contributed by atoms with Crippen molar-refractivity contribution >= 4 is 5.91 Å². The summed E-state index contributed by atoms with van der Waals surface area (Å²) < 4.78 is 0. The molecule has 0 atom stereocenters. The summed E-state index contributed by atoms with van der Waals surface area (Å²) in [7, 11) is 1.81. The van der Waals surface area contributed by atoms with E-state index in [0.29, 0.717) is 17.8 Å². The number of nitrogens with one attached hydrogen (secondary N) is 2. The minimum atomic E-state index is -0.488. The molecule has 0 aromatic heterocycles. The zero-order valence-electron chi connectivity index (χ0n) is 11.8. The van der Waals surface area contributed by atoms with Crippen LogP contribution in [0.1, 0.15) is 41.5 Å². The number of carbonyl (C=O) groups is 1. The average molecular weight is 228 g/mol. The second kappa shape index (κ2) is 6.24. The van der Waals surface area contributed by atoms with Crippen molar-refractivity contribution in [1.82, 2.24) is 10.6 Å². The van der Waals surface area contributed by atoms with Gasteiger partial charge in [0.1, 0.15) is 0 Å². The summed E-state index contributed by atoms with van der Waals surface area (Å²) in [6.07, 6.45) is 0. The minimum Gasteiger partial charge on any atom is -0.354 e. The molecule has 0 radical (unpaired) electrons. The predicted octanol–water partition coefficient (Wildman–Crippen LogP) is 2.03. The van der Waals surface area contributed by atoms with Gasteiger partial charge >= 0.3 is 0 Å². The Hall–Kier alpha value is -0.570.